The maximum Gasteiger partial charge on any atom is 0.253 e. The van der Waals surface area contributed by atoms with Gasteiger partial charge in [-0.3, -0.25) is 9.59 Å². The molecule has 4 rings (SSSR count). The predicted molar refractivity (Wildman–Crippen MR) is 115 cm³/mol. The summed E-state index contributed by atoms with van der Waals surface area (Å²) < 4.78 is 5.58. The van der Waals surface area contributed by atoms with E-state index in [-0.39, 0.29) is 23.8 Å². The molecule has 1 aliphatic rings. The molecule has 5 nitrogen and oxygen atoms in total. The molecular formula is C25H26N2O3. The highest BCUT2D eigenvalue weighted by molar-refractivity contribution is 5.94. The van der Waals surface area contributed by atoms with E-state index in [4.69, 9.17) is 4.42 Å². The molecule has 1 fully saturated rings. The number of hydrogen-bond acceptors (Lipinski definition) is 3. The van der Waals surface area contributed by atoms with E-state index in [1.165, 1.54) is 0 Å². The van der Waals surface area contributed by atoms with Crippen LogP contribution in [0.2, 0.25) is 0 Å². The number of piperidine rings is 1. The van der Waals surface area contributed by atoms with Crippen LogP contribution in [0.15, 0.2) is 77.4 Å². The summed E-state index contributed by atoms with van der Waals surface area (Å²) in [5.74, 6) is 0.629. The van der Waals surface area contributed by atoms with Crippen molar-refractivity contribution in [3.8, 4) is 0 Å². The number of nitrogens with zero attached hydrogens (tertiary/aromatic N) is 1. The molecule has 1 atom stereocenters. The minimum Gasteiger partial charge on any atom is -0.467 e. The molecule has 2 heterocycles. The Morgan fingerprint density at radius 1 is 0.967 bits per heavy atom. The number of rotatable bonds is 5. The lowest BCUT2D eigenvalue weighted by Gasteiger charge is -2.32. The van der Waals surface area contributed by atoms with Gasteiger partial charge in [0.15, 0.2) is 0 Å². The Bertz CT molecular complexity index is 973. The second-order valence-electron chi connectivity index (χ2n) is 7.80. The third kappa shape index (κ3) is 4.46. The number of furan rings is 1. The molecule has 3 aromatic rings. The van der Waals surface area contributed by atoms with Crippen LogP contribution in [0.3, 0.4) is 0 Å². The SMILES string of the molecule is Cc1ccc(C(=O)N2CCC(C(=O)NC(c3ccccc3)c3ccco3)CC2)cc1. The molecule has 5 heteroatoms. The number of hydrogen-bond donors (Lipinski definition) is 1. The smallest absolute Gasteiger partial charge is 0.253 e. The fourth-order valence-corrected chi connectivity index (χ4v) is 3.90. The normalized spacial score (nSPS) is 15.6. The van der Waals surface area contributed by atoms with Gasteiger partial charge < -0.3 is 14.6 Å². The lowest BCUT2D eigenvalue weighted by atomic mass is 9.94. The van der Waals surface area contributed by atoms with Gasteiger partial charge in [0.05, 0.1) is 6.26 Å². The highest BCUT2D eigenvalue weighted by Gasteiger charge is 2.30. The van der Waals surface area contributed by atoms with Gasteiger partial charge in [-0.25, -0.2) is 0 Å². The van der Waals surface area contributed by atoms with E-state index in [9.17, 15) is 9.59 Å². The summed E-state index contributed by atoms with van der Waals surface area (Å²) in [5, 5.41) is 3.15. The largest absolute Gasteiger partial charge is 0.467 e. The third-order valence-electron chi connectivity index (χ3n) is 5.70. The summed E-state index contributed by atoms with van der Waals surface area (Å²) in [7, 11) is 0. The van der Waals surface area contributed by atoms with Crippen molar-refractivity contribution < 1.29 is 14.0 Å². The molecule has 1 aliphatic heterocycles. The standard InChI is InChI=1S/C25H26N2O3/c1-18-9-11-21(12-10-18)25(29)27-15-13-20(14-16-27)24(28)26-23(22-8-5-17-30-22)19-6-3-2-4-7-19/h2-12,17,20,23H,13-16H2,1H3,(H,26,28). The van der Waals surface area contributed by atoms with Gasteiger partial charge in [0, 0.05) is 24.6 Å². The first-order valence-electron chi connectivity index (χ1n) is 10.4. The molecule has 1 N–H and O–H groups in total. The minimum atomic E-state index is -0.319. The highest BCUT2D eigenvalue weighted by atomic mass is 16.3. The average molecular weight is 402 g/mol. The number of carbonyl (C=O) groups is 2. The summed E-state index contributed by atoms with van der Waals surface area (Å²) in [6.07, 6.45) is 2.93. The van der Waals surface area contributed by atoms with E-state index >= 15 is 0 Å². The number of likely N-dealkylation sites (tertiary alicyclic amines) is 1. The third-order valence-corrected chi connectivity index (χ3v) is 5.70. The average Bonchev–Trinajstić information content (AvgIpc) is 3.33. The van der Waals surface area contributed by atoms with Crippen LogP contribution in [0.5, 0.6) is 0 Å². The van der Waals surface area contributed by atoms with Crippen molar-refractivity contribution in [1.82, 2.24) is 10.2 Å². The Morgan fingerprint density at radius 3 is 2.30 bits per heavy atom. The van der Waals surface area contributed by atoms with Crippen molar-refractivity contribution in [2.75, 3.05) is 13.1 Å². The van der Waals surface area contributed by atoms with Crippen LogP contribution in [-0.4, -0.2) is 29.8 Å². The number of benzene rings is 2. The molecule has 0 saturated carbocycles. The molecular weight excluding hydrogens is 376 g/mol. The first-order valence-corrected chi connectivity index (χ1v) is 10.4. The lowest BCUT2D eigenvalue weighted by Crippen LogP contribution is -2.43. The van der Waals surface area contributed by atoms with Crippen LogP contribution in [0.25, 0.3) is 0 Å². The monoisotopic (exact) mass is 402 g/mol. The maximum atomic E-state index is 13.0. The van der Waals surface area contributed by atoms with Crippen LogP contribution in [0.4, 0.5) is 0 Å². The number of nitrogens with one attached hydrogen (secondary N) is 1. The van der Waals surface area contributed by atoms with E-state index in [2.05, 4.69) is 5.32 Å². The van der Waals surface area contributed by atoms with E-state index < -0.39 is 0 Å². The minimum absolute atomic E-state index is 0.00249. The van der Waals surface area contributed by atoms with Crippen molar-refractivity contribution >= 4 is 11.8 Å². The zero-order valence-electron chi connectivity index (χ0n) is 17.1. The van der Waals surface area contributed by atoms with E-state index in [1.807, 2.05) is 78.6 Å². The summed E-state index contributed by atoms with van der Waals surface area (Å²) in [6, 6.07) is 20.8. The molecule has 30 heavy (non-hydrogen) atoms. The summed E-state index contributed by atoms with van der Waals surface area (Å²) in [5.41, 5.74) is 2.81. The molecule has 1 aromatic heterocycles. The van der Waals surface area contributed by atoms with E-state index in [0.29, 0.717) is 37.3 Å². The molecule has 0 aliphatic carbocycles. The molecule has 0 bridgehead atoms. The number of amides is 2. The van der Waals surface area contributed by atoms with Crippen LogP contribution in [0, 0.1) is 12.8 Å². The fraction of sp³-hybridized carbons (Fsp3) is 0.280. The van der Waals surface area contributed by atoms with Gasteiger partial charge in [-0.2, -0.15) is 0 Å². The number of aryl methyl sites for hydroxylation is 1. The first kappa shape index (κ1) is 20.0. The van der Waals surface area contributed by atoms with Crippen molar-refractivity contribution in [3.05, 3.63) is 95.4 Å². The maximum absolute atomic E-state index is 13.0. The predicted octanol–water partition coefficient (Wildman–Crippen LogP) is 4.35. The van der Waals surface area contributed by atoms with Gasteiger partial charge in [0.2, 0.25) is 5.91 Å². The lowest BCUT2D eigenvalue weighted by molar-refractivity contribution is -0.126. The Morgan fingerprint density at radius 2 is 1.67 bits per heavy atom. The molecule has 1 unspecified atom stereocenters. The summed E-state index contributed by atoms with van der Waals surface area (Å²) >= 11 is 0. The second kappa shape index (κ2) is 8.99. The van der Waals surface area contributed by atoms with Gasteiger partial charge in [-0.05, 0) is 49.6 Å². The Balaban J connectivity index is 1.39. The number of carbonyl (C=O) groups excluding carboxylic acids is 2. The van der Waals surface area contributed by atoms with Crippen LogP contribution < -0.4 is 5.32 Å². The van der Waals surface area contributed by atoms with Gasteiger partial charge in [0.1, 0.15) is 11.8 Å². The van der Waals surface area contributed by atoms with Crippen molar-refractivity contribution in [2.24, 2.45) is 5.92 Å². The summed E-state index contributed by atoms with van der Waals surface area (Å²) in [6.45, 7) is 3.17. The molecule has 0 spiro atoms. The zero-order valence-corrected chi connectivity index (χ0v) is 17.1. The first-order chi connectivity index (χ1) is 14.6. The molecule has 2 amide bonds. The highest BCUT2D eigenvalue weighted by Crippen LogP contribution is 2.25. The van der Waals surface area contributed by atoms with Crippen molar-refractivity contribution in [3.63, 3.8) is 0 Å². The van der Waals surface area contributed by atoms with Gasteiger partial charge in [-0.15, -0.1) is 0 Å². The van der Waals surface area contributed by atoms with Gasteiger partial charge in [-0.1, -0.05) is 48.0 Å². The molecule has 154 valence electrons. The Hall–Kier alpha value is -3.34. The van der Waals surface area contributed by atoms with Crippen molar-refractivity contribution in [1.29, 1.82) is 0 Å². The summed E-state index contributed by atoms with van der Waals surface area (Å²) in [4.78, 5) is 27.6. The molecule has 2 aromatic carbocycles. The van der Waals surface area contributed by atoms with Gasteiger partial charge >= 0.3 is 0 Å². The quantitative estimate of drug-likeness (QED) is 0.690. The van der Waals surface area contributed by atoms with Crippen molar-refractivity contribution in [2.45, 2.75) is 25.8 Å². The molecule has 1 saturated heterocycles. The zero-order chi connectivity index (χ0) is 20.9. The topological polar surface area (TPSA) is 62.6 Å². The van der Waals surface area contributed by atoms with E-state index in [1.54, 1.807) is 6.26 Å². The fourth-order valence-electron chi connectivity index (χ4n) is 3.90. The van der Waals surface area contributed by atoms with Gasteiger partial charge in [0.25, 0.3) is 5.91 Å². The van der Waals surface area contributed by atoms with E-state index in [0.717, 1.165) is 11.1 Å². The molecule has 0 radical (unpaired) electrons. The Labute approximate surface area is 176 Å². The van der Waals surface area contributed by atoms with Crippen LogP contribution >= 0.6 is 0 Å². The second-order valence-corrected chi connectivity index (χ2v) is 7.80. The van der Waals surface area contributed by atoms with Crippen LogP contribution in [0.1, 0.15) is 46.1 Å². The Kier molecular flexibility index (Phi) is 5.98. The van der Waals surface area contributed by atoms with Crippen LogP contribution in [-0.2, 0) is 4.79 Å².